The lowest BCUT2D eigenvalue weighted by molar-refractivity contribution is -0.142. The number of ketones is 1. The maximum atomic E-state index is 13.6. The Kier molecular flexibility index (Phi) is 7.73. The van der Waals surface area contributed by atoms with Crippen molar-refractivity contribution in [2.24, 2.45) is 0 Å². The molecule has 0 saturated carbocycles. The molecular weight excluding hydrogens is 391 g/mol. The highest BCUT2D eigenvalue weighted by molar-refractivity contribution is 5.96. The molecule has 0 N–H and O–H groups in total. The fourth-order valence-corrected chi connectivity index (χ4v) is 3.70. The molecule has 4 heteroatoms. The van der Waals surface area contributed by atoms with Gasteiger partial charge in [0.1, 0.15) is 5.82 Å². The number of rotatable bonds is 9. The molecule has 0 amide bonds. The van der Waals surface area contributed by atoms with Gasteiger partial charge >= 0.3 is 5.97 Å². The fourth-order valence-electron chi connectivity index (χ4n) is 3.70. The first-order valence-corrected chi connectivity index (χ1v) is 10.1. The van der Waals surface area contributed by atoms with Crippen LogP contribution in [0.1, 0.15) is 46.2 Å². The lowest BCUT2D eigenvalue weighted by Crippen LogP contribution is -2.20. The minimum absolute atomic E-state index is 0.0483. The Hall–Kier alpha value is -3.71. The standard InChI is InChI=1S/C27H23FO3/c1-2-17-31-27(30)19-25(20-9-5-3-6-10-20)24(21-13-15-23(28)16-14-21)18-26(29)22-11-7-4-8-12-22/h1,3-16,24-25H,17-19H2/t24-,25-/m0/s1. The second-order valence-corrected chi connectivity index (χ2v) is 7.24. The average molecular weight is 414 g/mol. The molecule has 3 aromatic rings. The van der Waals surface area contributed by atoms with Crippen LogP contribution >= 0.6 is 0 Å². The van der Waals surface area contributed by atoms with Gasteiger partial charge in [-0.05, 0) is 29.2 Å². The molecular formula is C27H23FO3. The highest BCUT2D eigenvalue weighted by atomic mass is 19.1. The quantitative estimate of drug-likeness (QED) is 0.263. The Morgan fingerprint density at radius 2 is 1.35 bits per heavy atom. The third kappa shape index (κ3) is 6.13. The minimum atomic E-state index is -0.439. The summed E-state index contributed by atoms with van der Waals surface area (Å²) in [5, 5.41) is 0. The molecule has 0 aliphatic rings. The van der Waals surface area contributed by atoms with Crippen LogP contribution in [-0.2, 0) is 9.53 Å². The molecule has 31 heavy (non-hydrogen) atoms. The maximum Gasteiger partial charge on any atom is 0.307 e. The van der Waals surface area contributed by atoms with Crippen molar-refractivity contribution in [1.29, 1.82) is 0 Å². The summed E-state index contributed by atoms with van der Waals surface area (Å²) in [6.45, 7) is -0.107. The van der Waals surface area contributed by atoms with E-state index in [-0.39, 0.29) is 42.9 Å². The van der Waals surface area contributed by atoms with Gasteiger partial charge < -0.3 is 4.74 Å². The molecule has 0 aliphatic carbocycles. The number of hydrogen-bond acceptors (Lipinski definition) is 3. The largest absolute Gasteiger partial charge is 0.452 e. The molecule has 0 unspecified atom stereocenters. The van der Waals surface area contributed by atoms with Crippen molar-refractivity contribution in [3.8, 4) is 12.3 Å². The number of benzene rings is 3. The summed E-state index contributed by atoms with van der Waals surface area (Å²) in [4.78, 5) is 25.5. The van der Waals surface area contributed by atoms with Crippen molar-refractivity contribution in [2.45, 2.75) is 24.7 Å². The average Bonchev–Trinajstić information content (AvgIpc) is 2.81. The predicted octanol–water partition coefficient (Wildman–Crippen LogP) is 5.53. The van der Waals surface area contributed by atoms with Gasteiger partial charge in [0, 0.05) is 17.9 Å². The van der Waals surface area contributed by atoms with Gasteiger partial charge in [-0.15, -0.1) is 6.42 Å². The lowest BCUT2D eigenvalue weighted by Gasteiger charge is -2.27. The number of carbonyl (C=O) groups excluding carboxylic acids is 2. The van der Waals surface area contributed by atoms with Crippen LogP contribution in [0.15, 0.2) is 84.9 Å². The molecule has 3 nitrogen and oxygen atoms in total. The summed E-state index contributed by atoms with van der Waals surface area (Å²) in [7, 11) is 0. The summed E-state index contributed by atoms with van der Waals surface area (Å²) in [5.74, 6) is 0.751. The van der Waals surface area contributed by atoms with Crippen molar-refractivity contribution < 1.29 is 18.7 Å². The zero-order valence-electron chi connectivity index (χ0n) is 17.0. The van der Waals surface area contributed by atoms with E-state index in [9.17, 15) is 14.0 Å². The van der Waals surface area contributed by atoms with Crippen LogP contribution in [0.25, 0.3) is 0 Å². The van der Waals surface area contributed by atoms with Crippen LogP contribution in [0.4, 0.5) is 4.39 Å². The van der Waals surface area contributed by atoms with E-state index in [4.69, 9.17) is 11.2 Å². The smallest absolute Gasteiger partial charge is 0.307 e. The molecule has 3 rings (SSSR count). The van der Waals surface area contributed by atoms with Gasteiger partial charge in [-0.25, -0.2) is 4.39 Å². The van der Waals surface area contributed by atoms with E-state index >= 15 is 0 Å². The number of Topliss-reactive ketones (excluding diaryl/α,β-unsaturated/α-hetero) is 1. The number of esters is 1. The first-order chi connectivity index (χ1) is 15.1. The van der Waals surface area contributed by atoms with E-state index < -0.39 is 5.97 Å². The minimum Gasteiger partial charge on any atom is -0.452 e. The molecule has 3 aromatic carbocycles. The Bertz CT molecular complexity index is 1040. The molecule has 0 saturated heterocycles. The van der Waals surface area contributed by atoms with E-state index in [1.54, 1.807) is 24.3 Å². The first-order valence-electron chi connectivity index (χ1n) is 10.1. The lowest BCUT2D eigenvalue weighted by atomic mass is 9.76. The number of carbonyl (C=O) groups is 2. The van der Waals surface area contributed by atoms with E-state index in [0.717, 1.165) is 11.1 Å². The van der Waals surface area contributed by atoms with Gasteiger partial charge in [-0.2, -0.15) is 0 Å². The fraction of sp³-hybridized carbons (Fsp3) is 0.185. The van der Waals surface area contributed by atoms with E-state index in [1.807, 2.05) is 48.5 Å². The first kappa shape index (κ1) is 22.0. The Morgan fingerprint density at radius 1 is 0.806 bits per heavy atom. The molecule has 2 atom stereocenters. The SMILES string of the molecule is C#CCOC(=O)C[C@@H](c1ccccc1)[C@@H](CC(=O)c1ccccc1)c1ccc(F)cc1. The van der Waals surface area contributed by atoms with Crippen LogP contribution < -0.4 is 0 Å². The molecule has 156 valence electrons. The zero-order valence-corrected chi connectivity index (χ0v) is 17.0. The van der Waals surface area contributed by atoms with Gasteiger partial charge in [0.2, 0.25) is 0 Å². The highest BCUT2D eigenvalue weighted by Gasteiger charge is 2.30. The van der Waals surface area contributed by atoms with Crippen LogP contribution in [-0.4, -0.2) is 18.4 Å². The summed E-state index contributed by atoms with van der Waals surface area (Å²) < 4.78 is 18.7. The second-order valence-electron chi connectivity index (χ2n) is 7.24. The van der Waals surface area contributed by atoms with Crippen molar-refractivity contribution in [3.63, 3.8) is 0 Å². The van der Waals surface area contributed by atoms with Crippen molar-refractivity contribution in [1.82, 2.24) is 0 Å². The molecule has 0 spiro atoms. The number of hydrogen-bond donors (Lipinski definition) is 0. The maximum absolute atomic E-state index is 13.6. The molecule has 0 bridgehead atoms. The van der Waals surface area contributed by atoms with Gasteiger partial charge in [-0.1, -0.05) is 78.7 Å². The molecule has 0 heterocycles. The summed E-state index contributed by atoms with van der Waals surface area (Å²) in [6.07, 6.45) is 5.42. The second kappa shape index (κ2) is 10.9. The summed E-state index contributed by atoms with van der Waals surface area (Å²) >= 11 is 0. The zero-order chi connectivity index (χ0) is 22.1. The number of ether oxygens (including phenoxy) is 1. The normalized spacial score (nSPS) is 12.4. The summed E-state index contributed by atoms with van der Waals surface area (Å²) in [5.41, 5.74) is 2.27. The molecule has 0 aliphatic heterocycles. The molecule has 0 aromatic heterocycles. The van der Waals surface area contributed by atoms with Crippen molar-refractivity contribution >= 4 is 11.8 Å². The van der Waals surface area contributed by atoms with Crippen LogP contribution in [0.2, 0.25) is 0 Å². The van der Waals surface area contributed by atoms with Gasteiger partial charge in [-0.3, -0.25) is 9.59 Å². The van der Waals surface area contributed by atoms with E-state index in [0.29, 0.717) is 5.56 Å². The van der Waals surface area contributed by atoms with Crippen LogP contribution in [0, 0.1) is 18.2 Å². The van der Waals surface area contributed by atoms with Crippen LogP contribution in [0.5, 0.6) is 0 Å². The molecule has 0 fully saturated rings. The Morgan fingerprint density at radius 3 is 1.97 bits per heavy atom. The predicted molar refractivity (Wildman–Crippen MR) is 118 cm³/mol. The Balaban J connectivity index is 1.99. The van der Waals surface area contributed by atoms with E-state index in [1.165, 1.54) is 12.1 Å². The third-order valence-corrected chi connectivity index (χ3v) is 5.22. The van der Waals surface area contributed by atoms with E-state index in [2.05, 4.69) is 5.92 Å². The highest BCUT2D eigenvalue weighted by Crippen LogP contribution is 2.39. The van der Waals surface area contributed by atoms with Crippen molar-refractivity contribution in [3.05, 3.63) is 107 Å². The van der Waals surface area contributed by atoms with Gasteiger partial charge in [0.15, 0.2) is 12.4 Å². The third-order valence-electron chi connectivity index (χ3n) is 5.22. The number of terminal acetylenes is 1. The topological polar surface area (TPSA) is 43.4 Å². The van der Waals surface area contributed by atoms with Gasteiger partial charge in [0.05, 0.1) is 6.42 Å². The number of halogens is 1. The summed E-state index contributed by atoms with van der Waals surface area (Å²) in [6, 6.07) is 24.6. The van der Waals surface area contributed by atoms with Gasteiger partial charge in [0.25, 0.3) is 0 Å². The monoisotopic (exact) mass is 414 g/mol. The Labute approximate surface area is 181 Å². The van der Waals surface area contributed by atoms with Crippen molar-refractivity contribution in [2.75, 3.05) is 6.61 Å². The van der Waals surface area contributed by atoms with Crippen LogP contribution in [0.3, 0.4) is 0 Å². The molecule has 0 radical (unpaired) electrons.